The van der Waals surface area contributed by atoms with Gasteiger partial charge in [0.15, 0.2) is 0 Å². The highest BCUT2D eigenvalue weighted by Crippen LogP contribution is 2.42. The number of halogens is 2. The molecule has 1 aromatic carbocycles. The highest BCUT2D eigenvalue weighted by Gasteiger charge is 2.40. The average molecular weight is 423 g/mol. The highest BCUT2D eigenvalue weighted by molar-refractivity contribution is 5.85. The van der Waals surface area contributed by atoms with Gasteiger partial charge in [-0.05, 0) is 63.0 Å². The molecule has 0 spiro atoms. The van der Waals surface area contributed by atoms with E-state index in [2.05, 4.69) is 15.5 Å². The molecule has 6 nitrogen and oxygen atoms in total. The summed E-state index contributed by atoms with van der Waals surface area (Å²) in [5, 5.41) is 6.94. The number of rotatable bonds is 4. The lowest BCUT2D eigenvalue weighted by Gasteiger charge is -2.43. The van der Waals surface area contributed by atoms with E-state index in [9.17, 15) is 9.18 Å². The summed E-state index contributed by atoms with van der Waals surface area (Å²) in [6.07, 6.45) is 5.17. The van der Waals surface area contributed by atoms with Crippen LogP contribution in [0.2, 0.25) is 0 Å². The van der Waals surface area contributed by atoms with E-state index in [-0.39, 0.29) is 36.1 Å². The summed E-state index contributed by atoms with van der Waals surface area (Å²) >= 11 is 0. The maximum Gasteiger partial charge on any atom is 0.249 e. The molecule has 0 radical (unpaired) electrons. The molecule has 2 aromatic rings. The van der Waals surface area contributed by atoms with Crippen LogP contribution in [0.3, 0.4) is 0 Å². The Bertz CT molecular complexity index is 860. The van der Waals surface area contributed by atoms with Crippen LogP contribution in [-0.2, 0) is 4.79 Å². The van der Waals surface area contributed by atoms with Crippen LogP contribution >= 0.6 is 12.4 Å². The summed E-state index contributed by atoms with van der Waals surface area (Å²) < 4.78 is 19.1. The number of fused-ring (bicyclic) bond motifs is 2. The first-order valence-corrected chi connectivity index (χ1v) is 10.1. The van der Waals surface area contributed by atoms with Gasteiger partial charge < -0.3 is 15.6 Å². The smallest absolute Gasteiger partial charge is 0.249 e. The molecular weight excluding hydrogens is 395 g/mol. The molecule has 2 aliphatic rings. The van der Waals surface area contributed by atoms with Crippen LogP contribution in [-0.4, -0.2) is 22.1 Å². The van der Waals surface area contributed by atoms with Gasteiger partial charge in [-0.25, -0.2) is 4.39 Å². The molecule has 3 unspecified atom stereocenters. The van der Waals surface area contributed by atoms with Gasteiger partial charge in [0.1, 0.15) is 11.9 Å². The summed E-state index contributed by atoms with van der Waals surface area (Å²) in [6, 6.07) is 4.65. The molecule has 29 heavy (non-hydrogen) atoms. The van der Waals surface area contributed by atoms with Crippen LogP contribution < -0.4 is 11.1 Å². The number of amides is 1. The van der Waals surface area contributed by atoms with Crippen LogP contribution in [0.25, 0.3) is 11.4 Å². The predicted octanol–water partition coefficient (Wildman–Crippen LogP) is 3.94. The van der Waals surface area contributed by atoms with Crippen LogP contribution in [0.5, 0.6) is 0 Å². The lowest BCUT2D eigenvalue weighted by atomic mass is 9.65. The first kappa shape index (κ1) is 21.7. The molecule has 2 saturated carbocycles. The topological polar surface area (TPSA) is 94.0 Å². The lowest BCUT2D eigenvalue weighted by molar-refractivity contribution is -0.128. The molecule has 1 amide bonds. The van der Waals surface area contributed by atoms with E-state index < -0.39 is 6.04 Å². The number of hydrogen-bond acceptors (Lipinski definition) is 5. The van der Waals surface area contributed by atoms with Crippen molar-refractivity contribution in [3.05, 3.63) is 35.5 Å². The zero-order valence-corrected chi connectivity index (χ0v) is 17.5. The third-order valence-electron chi connectivity index (χ3n) is 6.38. The normalized spacial score (nSPS) is 27.0. The molecule has 1 heterocycles. The molecule has 0 aliphatic heterocycles. The van der Waals surface area contributed by atoms with E-state index >= 15 is 0 Å². The molecule has 2 bridgehead atoms. The second kappa shape index (κ2) is 8.79. The zero-order chi connectivity index (χ0) is 19.8. The maximum atomic E-state index is 13.8. The quantitative estimate of drug-likeness (QED) is 0.778. The fourth-order valence-corrected chi connectivity index (χ4v) is 4.66. The number of hydrogen-bond donors (Lipinski definition) is 2. The predicted molar refractivity (Wildman–Crippen MR) is 110 cm³/mol. The highest BCUT2D eigenvalue weighted by atomic mass is 35.5. The molecule has 158 valence electrons. The van der Waals surface area contributed by atoms with E-state index in [0.717, 1.165) is 25.7 Å². The standard InChI is InChI=1S/C21H27FN4O2.ClH/c1-11-6-7-15(10-17(11)22)19-25-21(28-26-19)12(2)24-20(27)16-8-13-4-3-5-14(9-16)18(13)23;/h6-7,10,12-14,16,18H,3-5,8-9,23H2,1-2H3,(H,24,27);1H. The Morgan fingerprint density at radius 3 is 2.66 bits per heavy atom. The number of nitrogens with one attached hydrogen (secondary N) is 1. The van der Waals surface area contributed by atoms with Crippen molar-refractivity contribution in [3.63, 3.8) is 0 Å². The van der Waals surface area contributed by atoms with Gasteiger partial charge in [0.05, 0.1) is 0 Å². The number of aromatic nitrogens is 2. The molecule has 3 N–H and O–H groups in total. The Hall–Kier alpha value is -1.99. The van der Waals surface area contributed by atoms with Crippen LogP contribution in [0, 0.1) is 30.5 Å². The summed E-state index contributed by atoms with van der Waals surface area (Å²) in [7, 11) is 0. The van der Waals surface area contributed by atoms with Gasteiger partial charge in [0.2, 0.25) is 17.6 Å². The van der Waals surface area contributed by atoms with Crippen LogP contribution in [0.15, 0.2) is 22.7 Å². The zero-order valence-electron chi connectivity index (χ0n) is 16.7. The van der Waals surface area contributed by atoms with Gasteiger partial charge in [0, 0.05) is 17.5 Å². The Labute approximate surface area is 176 Å². The number of aryl methyl sites for hydroxylation is 1. The number of carbonyl (C=O) groups is 1. The number of carbonyl (C=O) groups excluding carboxylic acids is 1. The maximum absolute atomic E-state index is 13.8. The van der Waals surface area contributed by atoms with Gasteiger partial charge in [-0.15, -0.1) is 12.4 Å². The third kappa shape index (κ3) is 4.46. The van der Waals surface area contributed by atoms with Crippen molar-refractivity contribution < 1.29 is 13.7 Å². The van der Waals surface area contributed by atoms with Gasteiger partial charge >= 0.3 is 0 Å². The summed E-state index contributed by atoms with van der Waals surface area (Å²) in [5.41, 5.74) is 7.43. The minimum atomic E-state index is -0.403. The molecule has 2 fully saturated rings. The van der Waals surface area contributed by atoms with Crippen molar-refractivity contribution in [2.24, 2.45) is 23.5 Å². The van der Waals surface area contributed by atoms with E-state index in [1.807, 2.05) is 6.92 Å². The van der Waals surface area contributed by atoms with Gasteiger partial charge in [-0.3, -0.25) is 4.79 Å². The van der Waals surface area contributed by atoms with Crippen LogP contribution in [0.1, 0.15) is 56.5 Å². The summed E-state index contributed by atoms with van der Waals surface area (Å²) in [4.78, 5) is 17.1. The Morgan fingerprint density at radius 1 is 1.31 bits per heavy atom. The van der Waals surface area contributed by atoms with Gasteiger partial charge in [-0.2, -0.15) is 4.98 Å². The lowest BCUT2D eigenvalue weighted by Crippen LogP contribution is -2.49. The van der Waals surface area contributed by atoms with E-state index in [0.29, 0.717) is 34.7 Å². The SMILES string of the molecule is Cc1ccc(-c2noc(C(C)NC(=O)C3CC4CCCC(C3)C4N)n2)cc1F.Cl. The largest absolute Gasteiger partial charge is 0.344 e. The summed E-state index contributed by atoms with van der Waals surface area (Å²) in [5.74, 6) is 1.23. The first-order valence-electron chi connectivity index (χ1n) is 10.1. The van der Waals surface area contributed by atoms with Crippen molar-refractivity contribution in [1.82, 2.24) is 15.5 Å². The Balaban J connectivity index is 0.00000240. The molecule has 0 saturated heterocycles. The first-order chi connectivity index (χ1) is 13.4. The fraction of sp³-hybridized carbons (Fsp3) is 0.571. The second-order valence-corrected chi connectivity index (χ2v) is 8.35. The Kier molecular flexibility index (Phi) is 6.58. The minimum Gasteiger partial charge on any atom is -0.344 e. The number of benzene rings is 1. The molecule has 3 atom stereocenters. The van der Waals surface area contributed by atoms with Crippen molar-refractivity contribution in [2.45, 2.75) is 58.0 Å². The van der Waals surface area contributed by atoms with Crippen LogP contribution in [0.4, 0.5) is 4.39 Å². The molecule has 4 rings (SSSR count). The monoisotopic (exact) mass is 422 g/mol. The van der Waals surface area contributed by atoms with E-state index in [1.165, 1.54) is 12.5 Å². The number of nitrogens with zero attached hydrogens (tertiary/aromatic N) is 2. The van der Waals surface area contributed by atoms with Crippen molar-refractivity contribution >= 4 is 18.3 Å². The minimum absolute atomic E-state index is 0. The Morgan fingerprint density at radius 2 is 2.00 bits per heavy atom. The van der Waals surface area contributed by atoms with Gasteiger partial charge in [0.25, 0.3) is 0 Å². The molecule has 8 heteroatoms. The molecule has 1 aromatic heterocycles. The van der Waals surface area contributed by atoms with Crippen molar-refractivity contribution in [2.75, 3.05) is 0 Å². The summed E-state index contributed by atoms with van der Waals surface area (Å²) in [6.45, 7) is 3.52. The average Bonchev–Trinajstić information content (AvgIpc) is 3.14. The third-order valence-corrected chi connectivity index (χ3v) is 6.38. The van der Waals surface area contributed by atoms with Crippen molar-refractivity contribution in [1.29, 1.82) is 0 Å². The number of nitrogens with two attached hydrogens (primary N) is 1. The fourth-order valence-electron chi connectivity index (χ4n) is 4.66. The second-order valence-electron chi connectivity index (χ2n) is 8.35. The van der Waals surface area contributed by atoms with Gasteiger partial charge in [-0.1, -0.05) is 23.7 Å². The van der Waals surface area contributed by atoms with E-state index in [1.54, 1.807) is 19.1 Å². The molecular formula is C21H28ClFN4O2. The van der Waals surface area contributed by atoms with E-state index in [4.69, 9.17) is 10.3 Å². The van der Waals surface area contributed by atoms with Crippen molar-refractivity contribution in [3.8, 4) is 11.4 Å². The molecule has 2 aliphatic carbocycles.